The maximum absolute atomic E-state index is 14.4. The predicted octanol–water partition coefficient (Wildman–Crippen LogP) is -3.50. The molecule has 0 aliphatic rings. The minimum absolute atomic E-state index is 0.0200. The number of unbranched alkanes of at least 4 members (excludes halogenated alkanes) is 2. The van der Waals surface area contributed by atoms with Gasteiger partial charge in [0.05, 0.1) is 18.6 Å². The Morgan fingerprint density at radius 2 is 0.932 bits per heavy atom. The van der Waals surface area contributed by atoms with Crippen LogP contribution < -0.4 is 71.6 Å². The van der Waals surface area contributed by atoms with Crippen LogP contribution >= 0.6 is 0 Å². The number of amides is 8. The molecule has 2 aromatic rings. The van der Waals surface area contributed by atoms with Gasteiger partial charge in [0, 0.05) is 19.4 Å². The van der Waals surface area contributed by atoms with Gasteiger partial charge in [0.15, 0.2) is 5.96 Å². The molecular formula is C49H78N14O11. The molecule has 2 aromatic carbocycles. The third kappa shape index (κ3) is 23.6. The third-order valence-electron chi connectivity index (χ3n) is 11.6. The fourth-order valence-electron chi connectivity index (χ4n) is 7.49. The van der Waals surface area contributed by atoms with E-state index in [2.05, 4.69) is 42.2 Å². The molecule has 25 heteroatoms. The average Bonchev–Trinajstić information content (AvgIpc) is 3.34. The highest BCUT2D eigenvalue weighted by molar-refractivity contribution is 5.99. The summed E-state index contributed by atoms with van der Waals surface area (Å²) in [5.74, 6) is -9.56. The first-order chi connectivity index (χ1) is 35.1. The number of hydrogen-bond donors (Lipinski definition) is 15. The maximum Gasteiger partial charge on any atom is 0.326 e. The molecule has 0 heterocycles. The van der Waals surface area contributed by atoms with Gasteiger partial charge in [0.25, 0.3) is 0 Å². The van der Waals surface area contributed by atoms with Crippen LogP contribution in [-0.4, -0.2) is 143 Å². The van der Waals surface area contributed by atoms with Crippen molar-refractivity contribution in [3.05, 3.63) is 71.8 Å². The van der Waals surface area contributed by atoms with Crippen LogP contribution in [-0.2, 0) is 56.0 Å². The fourth-order valence-corrected chi connectivity index (χ4v) is 7.49. The Kier molecular flexibility index (Phi) is 28.5. The highest BCUT2D eigenvalue weighted by atomic mass is 16.4. The van der Waals surface area contributed by atoms with Crippen molar-refractivity contribution in [3.8, 4) is 0 Å². The minimum Gasteiger partial charge on any atom is -0.480 e. The minimum atomic E-state index is -1.72. The van der Waals surface area contributed by atoms with Crippen LogP contribution in [0.1, 0.15) is 89.7 Å². The zero-order valence-corrected chi connectivity index (χ0v) is 42.4. The number of aliphatic imine (C=N–C) groups is 1. The third-order valence-corrected chi connectivity index (χ3v) is 11.6. The van der Waals surface area contributed by atoms with E-state index in [1.807, 2.05) is 0 Å². The highest BCUT2D eigenvalue weighted by Gasteiger charge is 2.36. The van der Waals surface area contributed by atoms with Gasteiger partial charge in [0.2, 0.25) is 47.3 Å². The molecule has 0 unspecified atom stereocenters. The molecule has 9 atom stereocenters. The van der Waals surface area contributed by atoms with Crippen molar-refractivity contribution in [1.82, 2.24) is 37.2 Å². The fraction of sp³-hybridized carbons (Fsp3) is 0.551. The zero-order chi connectivity index (χ0) is 55.3. The largest absolute Gasteiger partial charge is 0.480 e. The first-order valence-corrected chi connectivity index (χ1v) is 24.7. The molecule has 0 radical (unpaired) electrons. The Labute approximate surface area is 431 Å². The van der Waals surface area contributed by atoms with Gasteiger partial charge in [-0.25, -0.2) is 4.79 Å². The van der Waals surface area contributed by atoms with E-state index in [0.717, 1.165) is 0 Å². The number of carboxylic acids is 1. The van der Waals surface area contributed by atoms with Crippen molar-refractivity contribution in [3.63, 3.8) is 0 Å². The molecule has 25 nitrogen and oxygen atoms in total. The van der Waals surface area contributed by atoms with Crippen LogP contribution in [0.15, 0.2) is 65.7 Å². The lowest BCUT2D eigenvalue weighted by atomic mass is 10.0. The second kappa shape index (κ2) is 33.5. The van der Waals surface area contributed by atoms with Gasteiger partial charge >= 0.3 is 5.97 Å². The van der Waals surface area contributed by atoms with Crippen LogP contribution in [0.2, 0.25) is 0 Å². The van der Waals surface area contributed by atoms with E-state index in [-0.39, 0.29) is 44.6 Å². The lowest BCUT2D eigenvalue weighted by Gasteiger charge is -2.29. The van der Waals surface area contributed by atoms with Crippen LogP contribution in [0.3, 0.4) is 0 Å². The maximum atomic E-state index is 14.4. The van der Waals surface area contributed by atoms with E-state index in [1.54, 1.807) is 74.5 Å². The Morgan fingerprint density at radius 3 is 1.42 bits per heavy atom. The molecule has 0 aliphatic heterocycles. The number of aliphatic carboxylic acids is 1. The second-order valence-corrected chi connectivity index (χ2v) is 18.3. The molecule has 410 valence electrons. The van der Waals surface area contributed by atoms with E-state index < -0.39 is 120 Å². The number of aliphatic hydroxyl groups is 1. The molecule has 0 bridgehead atoms. The number of aliphatic hydroxyl groups excluding tert-OH is 1. The van der Waals surface area contributed by atoms with Gasteiger partial charge in [-0.2, -0.15) is 0 Å². The molecule has 0 saturated carbocycles. The summed E-state index contributed by atoms with van der Waals surface area (Å²) in [5.41, 5.74) is 35.0. The summed E-state index contributed by atoms with van der Waals surface area (Å²) in [7, 11) is 0. The molecule has 2 rings (SSSR count). The molecule has 0 spiro atoms. The average molecular weight is 1040 g/mol. The summed E-state index contributed by atoms with van der Waals surface area (Å²) in [5, 5.41) is 38.3. The van der Waals surface area contributed by atoms with Gasteiger partial charge < -0.3 is 81.8 Å². The highest BCUT2D eigenvalue weighted by Crippen LogP contribution is 2.12. The van der Waals surface area contributed by atoms with E-state index >= 15 is 0 Å². The van der Waals surface area contributed by atoms with E-state index in [4.69, 9.17) is 34.4 Å². The van der Waals surface area contributed by atoms with Crippen molar-refractivity contribution in [2.45, 2.75) is 146 Å². The van der Waals surface area contributed by atoms with Crippen molar-refractivity contribution >= 4 is 59.2 Å². The number of rotatable bonds is 35. The van der Waals surface area contributed by atoms with Crippen LogP contribution in [0.5, 0.6) is 0 Å². The van der Waals surface area contributed by atoms with Crippen molar-refractivity contribution in [1.29, 1.82) is 0 Å². The number of carbonyl (C=O) groups excluding carboxylic acids is 8. The van der Waals surface area contributed by atoms with E-state index in [9.17, 15) is 53.4 Å². The molecule has 0 saturated heterocycles. The van der Waals surface area contributed by atoms with Crippen molar-refractivity contribution in [2.75, 3.05) is 19.6 Å². The monoisotopic (exact) mass is 1040 g/mol. The normalized spacial score (nSPS) is 14.7. The van der Waals surface area contributed by atoms with Crippen molar-refractivity contribution in [2.24, 2.45) is 45.3 Å². The molecule has 21 N–H and O–H groups in total. The summed E-state index contributed by atoms with van der Waals surface area (Å²) in [6.45, 7) is 5.08. The predicted molar refractivity (Wildman–Crippen MR) is 275 cm³/mol. The summed E-state index contributed by atoms with van der Waals surface area (Å²) in [4.78, 5) is 125. The van der Waals surface area contributed by atoms with Gasteiger partial charge in [-0.05, 0) is 82.0 Å². The van der Waals surface area contributed by atoms with Gasteiger partial charge in [0.1, 0.15) is 42.3 Å². The molecule has 0 aromatic heterocycles. The summed E-state index contributed by atoms with van der Waals surface area (Å²) in [6, 6.07) is 5.81. The number of primary amides is 1. The summed E-state index contributed by atoms with van der Waals surface area (Å²) < 4.78 is 0. The molecule has 0 fully saturated rings. The Morgan fingerprint density at radius 1 is 0.514 bits per heavy atom. The number of nitrogens with one attached hydrogen (secondary N) is 7. The topological polar surface area (TPSA) is 447 Å². The first-order valence-electron chi connectivity index (χ1n) is 24.7. The molecule has 74 heavy (non-hydrogen) atoms. The number of hydrogen-bond acceptors (Lipinski definition) is 14. The Bertz CT molecular complexity index is 2160. The SMILES string of the molecule is CC(C)[C@H](NC(=O)[C@H](CC(N)=O)NC(=O)[C@H](CCCN=C(N)N)NC(=O)[C@H](Cc1ccccc1)NC(=O)[C@@H](NC(=O)[C@H](Cc1ccccc1)NC(=O)[C@@H](N)CCCCN)[C@@H](C)O)C(=O)N[C@@H](CCCCN)C(=O)O. The summed E-state index contributed by atoms with van der Waals surface area (Å²) in [6.07, 6.45) is -0.196. The molecular weight excluding hydrogens is 961 g/mol. The van der Waals surface area contributed by atoms with Crippen LogP contribution in [0, 0.1) is 5.92 Å². The quantitative estimate of drug-likeness (QED) is 0.0181. The summed E-state index contributed by atoms with van der Waals surface area (Å²) >= 11 is 0. The van der Waals surface area contributed by atoms with Crippen molar-refractivity contribution < 1.29 is 53.4 Å². The van der Waals surface area contributed by atoms with Gasteiger partial charge in [-0.15, -0.1) is 0 Å². The van der Waals surface area contributed by atoms with Crippen LogP contribution in [0.4, 0.5) is 0 Å². The lowest BCUT2D eigenvalue weighted by molar-refractivity contribution is -0.143. The van der Waals surface area contributed by atoms with Crippen LogP contribution in [0.25, 0.3) is 0 Å². The molecule has 0 aliphatic carbocycles. The number of guanidine groups is 1. The zero-order valence-electron chi connectivity index (χ0n) is 42.4. The number of benzene rings is 2. The first kappa shape index (κ1) is 62.9. The smallest absolute Gasteiger partial charge is 0.326 e. The number of carbonyl (C=O) groups is 9. The Balaban J connectivity index is 2.48. The standard InChI is InChI=1S/C49H78N14O11/c1-28(2)39(46(71)58-34(48(73)74)20-11-13-23-51)62-45(70)37(27-38(53)65)60-42(67)33(21-14-24-56-49(54)55)57-43(68)35(25-30-15-6-4-7-16-30)61-47(72)40(29(3)64)63-44(69)36(26-31-17-8-5-9-18-31)59-41(66)32(52)19-10-12-22-50/h4-9,15-18,28-29,32-37,39-40,64H,10-14,19-27,50-52H2,1-3H3,(H2,53,65)(H,57,68)(H,58,71)(H,59,66)(H,60,67)(H,61,72)(H,62,70)(H,63,69)(H,73,74)(H4,54,55,56)/t29-,32+,33+,34+,35+,36+,37+,39+,40+/m1/s1. The number of carboxylic acid groups (broad SMARTS) is 1. The number of nitrogens with zero attached hydrogens (tertiary/aromatic N) is 1. The van der Waals surface area contributed by atoms with Gasteiger partial charge in [-0.1, -0.05) is 80.9 Å². The van der Waals surface area contributed by atoms with E-state index in [1.165, 1.54) is 6.92 Å². The van der Waals surface area contributed by atoms with E-state index in [0.29, 0.717) is 56.3 Å². The van der Waals surface area contributed by atoms with Gasteiger partial charge in [-0.3, -0.25) is 43.3 Å². The molecule has 8 amide bonds. The second-order valence-electron chi connectivity index (χ2n) is 18.3. The lowest BCUT2D eigenvalue weighted by Crippen LogP contribution is -2.62. The Hall–Kier alpha value is -7.22. The number of nitrogens with two attached hydrogens (primary N) is 6.